The number of hydrogen-bond acceptors (Lipinski definition) is 6. The number of phenols is 2. The molecule has 2 heterocycles. The molecule has 5 rings (SSSR count). The maximum atomic E-state index is 13.7. The molecule has 1 fully saturated rings. The van der Waals surface area contributed by atoms with Crippen LogP contribution >= 0.6 is 0 Å². The smallest absolute Gasteiger partial charge is 0.329 e. The summed E-state index contributed by atoms with van der Waals surface area (Å²) in [6, 6.07) is 19.0. The molecule has 1 saturated heterocycles. The number of para-hydroxylation sites is 1. The second kappa shape index (κ2) is 12.7. The van der Waals surface area contributed by atoms with E-state index in [0.717, 1.165) is 5.69 Å². The van der Waals surface area contributed by atoms with Crippen molar-refractivity contribution >= 4 is 34.9 Å². The van der Waals surface area contributed by atoms with E-state index in [1.807, 2.05) is 30.3 Å². The Morgan fingerprint density at radius 3 is 2.35 bits per heavy atom. The molecule has 0 aromatic heterocycles. The number of rotatable bonds is 9. The molecule has 43 heavy (non-hydrogen) atoms. The fourth-order valence-electron chi connectivity index (χ4n) is 5.31. The first-order chi connectivity index (χ1) is 20.8. The van der Waals surface area contributed by atoms with Gasteiger partial charge in [-0.25, -0.2) is 4.79 Å². The van der Waals surface area contributed by atoms with Gasteiger partial charge in [-0.15, -0.1) is 6.58 Å². The fourth-order valence-corrected chi connectivity index (χ4v) is 5.31. The zero-order valence-corrected chi connectivity index (χ0v) is 23.9. The van der Waals surface area contributed by atoms with Crippen LogP contribution in [-0.4, -0.2) is 77.1 Å². The molecule has 10 heteroatoms. The van der Waals surface area contributed by atoms with Gasteiger partial charge in [0.1, 0.15) is 6.54 Å². The predicted molar refractivity (Wildman–Crippen MR) is 166 cm³/mol. The van der Waals surface area contributed by atoms with E-state index in [4.69, 9.17) is 0 Å². The Morgan fingerprint density at radius 1 is 0.907 bits per heavy atom. The van der Waals surface area contributed by atoms with Gasteiger partial charge in [-0.2, -0.15) is 0 Å². The summed E-state index contributed by atoms with van der Waals surface area (Å²) < 4.78 is 0. The third kappa shape index (κ3) is 6.33. The standard InChI is InChI=1S/C33H35N5O5/c1-3-4-14-37-23(2)27-12-11-25(32(42)34-21-24-10-13-29(39)30(40)19-24)20-28(27)38(33(37)43)22-31(41)36-17-15-35(16-18-36)26-8-6-5-7-9-26/h3,5-13,19-20,39-40H,1-2,4,14-18,21-22H2,(H,34,42). The van der Waals surface area contributed by atoms with Gasteiger partial charge < -0.3 is 25.3 Å². The molecule has 222 valence electrons. The number of amides is 4. The summed E-state index contributed by atoms with van der Waals surface area (Å²) in [5.41, 5.74) is 3.60. The highest BCUT2D eigenvalue weighted by molar-refractivity contribution is 6.08. The Kier molecular flexibility index (Phi) is 8.66. The summed E-state index contributed by atoms with van der Waals surface area (Å²) in [7, 11) is 0. The van der Waals surface area contributed by atoms with Crippen LogP contribution in [0.3, 0.4) is 0 Å². The van der Waals surface area contributed by atoms with Crippen molar-refractivity contribution in [1.82, 2.24) is 15.1 Å². The lowest BCUT2D eigenvalue weighted by Crippen LogP contribution is -2.54. The molecule has 2 aliphatic heterocycles. The molecule has 0 unspecified atom stereocenters. The number of fused-ring (bicyclic) bond motifs is 1. The van der Waals surface area contributed by atoms with Crippen molar-refractivity contribution < 1.29 is 24.6 Å². The molecule has 0 radical (unpaired) electrons. The van der Waals surface area contributed by atoms with Gasteiger partial charge in [0.2, 0.25) is 5.91 Å². The Balaban J connectivity index is 1.34. The topological polar surface area (TPSA) is 117 Å². The maximum absolute atomic E-state index is 13.7. The number of piperazine rings is 1. The summed E-state index contributed by atoms with van der Waals surface area (Å²) in [6.07, 6.45) is 2.27. The molecular weight excluding hydrogens is 546 g/mol. The van der Waals surface area contributed by atoms with E-state index in [-0.39, 0.29) is 36.5 Å². The second-order valence-corrected chi connectivity index (χ2v) is 10.5. The van der Waals surface area contributed by atoms with Gasteiger partial charge in [-0.1, -0.05) is 43.0 Å². The maximum Gasteiger partial charge on any atom is 0.329 e. The number of carbonyl (C=O) groups is 3. The first kappa shape index (κ1) is 29.2. The van der Waals surface area contributed by atoms with Crippen LogP contribution in [0.15, 0.2) is 86.0 Å². The monoisotopic (exact) mass is 581 g/mol. The summed E-state index contributed by atoms with van der Waals surface area (Å²) in [5, 5.41) is 22.1. The number of hydrogen-bond donors (Lipinski definition) is 3. The number of aromatic hydroxyl groups is 2. The summed E-state index contributed by atoms with van der Waals surface area (Å²) in [6.45, 7) is 10.6. The fraction of sp³-hybridized carbons (Fsp3) is 0.242. The zero-order valence-electron chi connectivity index (χ0n) is 23.9. The van der Waals surface area contributed by atoms with Crippen molar-refractivity contribution in [3.05, 3.63) is 103 Å². The number of benzene rings is 3. The lowest BCUT2D eigenvalue weighted by Gasteiger charge is -2.40. The molecule has 0 spiro atoms. The van der Waals surface area contributed by atoms with Crippen LogP contribution < -0.4 is 15.1 Å². The minimum Gasteiger partial charge on any atom is -0.504 e. The first-order valence-corrected chi connectivity index (χ1v) is 14.2. The van der Waals surface area contributed by atoms with Crippen LogP contribution in [-0.2, 0) is 11.3 Å². The lowest BCUT2D eigenvalue weighted by atomic mass is 10.0. The summed E-state index contributed by atoms with van der Waals surface area (Å²) >= 11 is 0. The third-order valence-corrected chi connectivity index (χ3v) is 7.75. The van der Waals surface area contributed by atoms with E-state index < -0.39 is 5.91 Å². The molecule has 0 saturated carbocycles. The molecule has 3 N–H and O–H groups in total. The van der Waals surface area contributed by atoms with E-state index in [1.54, 1.807) is 40.1 Å². The van der Waals surface area contributed by atoms with Crippen LogP contribution in [0.25, 0.3) is 5.70 Å². The lowest BCUT2D eigenvalue weighted by molar-refractivity contribution is -0.129. The minimum absolute atomic E-state index is 0.113. The highest BCUT2D eigenvalue weighted by Crippen LogP contribution is 2.36. The van der Waals surface area contributed by atoms with Crippen LogP contribution in [0.5, 0.6) is 11.5 Å². The van der Waals surface area contributed by atoms with Gasteiger partial charge in [-0.3, -0.25) is 19.4 Å². The normalized spacial score (nSPS) is 14.9. The van der Waals surface area contributed by atoms with Crippen LogP contribution in [0.1, 0.15) is 27.9 Å². The molecule has 3 aromatic rings. The summed E-state index contributed by atoms with van der Waals surface area (Å²) in [5.74, 6) is -1.10. The Labute approximate surface area is 250 Å². The Hall–Kier alpha value is -5.25. The molecule has 4 amide bonds. The van der Waals surface area contributed by atoms with Crippen LogP contribution in [0, 0.1) is 0 Å². The molecule has 2 aliphatic rings. The van der Waals surface area contributed by atoms with Gasteiger partial charge in [0.05, 0.1) is 5.69 Å². The number of anilines is 2. The van der Waals surface area contributed by atoms with E-state index in [2.05, 4.69) is 23.4 Å². The predicted octanol–water partition coefficient (Wildman–Crippen LogP) is 4.17. The van der Waals surface area contributed by atoms with Crippen molar-refractivity contribution in [2.24, 2.45) is 0 Å². The largest absolute Gasteiger partial charge is 0.504 e. The van der Waals surface area contributed by atoms with Gasteiger partial charge >= 0.3 is 6.03 Å². The van der Waals surface area contributed by atoms with Crippen molar-refractivity contribution in [3.63, 3.8) is 0 Å². The number of urea groups is 1. The molecule has 0 bridgehead atoms. The summed E-state index contributed by atoms with van der Waals surface area (Å²) in [4.78, 5) is 47.3. The highest BCUT2D eigenvalue weighted by Gasteiger charge is 2.35. The van der Waals surface area contributed by atoms with E-state index in [9.17, 15) is 24.6 Å². The van der Waals surface area contributed by atoms with E-state index in [0.29, 0.717) is 67.2 Å². The number of phenolic OH excluding ortho intramolecular Hbond substituents is 2. The molecule has 0 aliphatic carbocycles. The quantitative estimate of drug-likeness (QED) is 0.258. The Bertz CT molecular complexity index is 1550. The van der Waals surface area contributed by atoms with Crippen molar-refractivity contribution in [1.29, 1.82) is 0 Å². The van der Waals surface area contributed by atoms with Gasteiger partial charge in [0.25, 0.3) is 5.91 Å². The second-order valence-electron chi connectivity index (χ2n) is 10.5. The molecular formula is C33H35N5O5. The first-order valence-electron chi connectivity index (χ1n) is 14.2. The number of carbonyl (C=O) groups excluding carboxylic acids is 3. The Morgan fingerprint density at radius 2 is 1.65 bits per heavy atom. The van der Waals surface area contributed by atoms with E-state index >= 15 is 0 Å². The van der Waals surface area contributed by atoms with Gasteiger partial charge in [-0.05, 0) is 48.4 Å². The molecule has 3 aromatic carbocycles. The number of nitrogens with one attached hydrogen (secondary N) is 1. The van der Waals surface area contributed by atoms with E-state index in [1.165, 1.54) is 17.0 Å². The van der Waals surface area contributed by atoms with Crippen molar-refractivity contribution in [2.75, 3.05) is 49.1 Å². The van der Waals surface area contributed by atoms with Gasteiger partial charge in [0, 0.05) is 61.8 Å². The average Bonchev–Trinajstić information content (AvgIpc) is 3.03. The van der Waals surface area contributed by atoms with Crippen molar-refractivity contribution in [2.45, 2.75) is 13.0 Å². The molecule has 10 nitrogen and oxygen atoms in total. The SMILES string of the molecule is C=CCCN1C(=C)c2ccc(C(=O)NCc3ccc(O)c(O)c3)cc2N(CC(=O)N2CCN(c3ccccc3)CC2)C1=O. The van der Waals surface area contributed by atoms with Crippen LogP contribution in [0.2, 0.25) is 0 Å². The number of nitrogens with zero attached hydrogens (tertiary/aromatic N) is 4. The highest BCUT2D eigenvalue weighted by atomic mass is 16.3. The minimum atomic E-state index is -0.397. The van der Waals surface area contributed by atoms with Crippen molar-refractivity contribution in [3.8, 4) is 11.5 Å². The van der Waals surface area contributed by atoms with Gasteiger partial charge in [0.15, 0.2) is 11.5 Å². The molecule has 0 atom stereocenters. The average molecular weight is 582 g/mol. The third-order valence-electron chi connectivity index (χ3n) is 7.75. The zero-order chi connectivity index (χ0) is 30.5. The van der Waals surface area contributed by atoms with Crippen LogP contribution in [0.4, 0.5) is 16.2 Å².